The number of aliphatic hydroxyl groups is 2. The van der Waals surface area contributed by atoms with Crippen LogP contribution in [0.2, 0.25) is 0 Å². The van der Waals surface area contributed by atoms with Gasteiger partial charge in [0.2, 0.25) is 0 Å². The first-order valence-corrected chi connectivity index (χ1v) is 7.68. The van der Waals surface area contributed by atoms with Crippen LogP contribution in [0.5, 0.6) is 0 Å². The molecule has 0 bridgehead atoms. The standard InChI is InChI=1S/C15H16O5S/c1-14(16,17)15(21(18,19)20,12-8-4-2-5-9-12)13-10-6-3-7-11-13/h2-11,16-17H,1H3,(H,18,19,20). The van der Waals surface area contributed by atoms with Gasteiger partial charge in [0.25, 0.3) is 10.1 Å². The zero-order chi connectivity index (χ0) is 15.7. The molecule has 6 heteroatoms. The highest BCUT2D eigenvalue weighted by Crippen LogP contribution is 2.44. The lowest BCUT2D eigenvalue weighted by molar-refractivity contribution is -0.168. The summed E-state index contributed by atoms with van der Waals surface area (Å²) in [4.78, 5) is 0. The largest absolute Gasteiger partial charge is 0.364 e. The highest BCUT2D eigenvalue weighted by molar-refractivity contribution is 7.87. The Hall–Kier alpha value is -1.73. The molecular formula is C15H16O5S. The Bertz CT molecular complexity index is 663. The van der Waals surface area contributed by atoms with E-state index in [1.807, 2.05) is 0 Å². The molecule has 3 N–H and O–H groups in total. The maximum absolute atomic E-state index is 12.1. The lowest BCUT2D eigenvalue weighted by atomic mass is 9.84. The summed E-state index contributed by atoms with van der Waals surface area (Å²) < 4.78 is 31.7. The first kappa shape index (κ1) is 15.7. The lowest BCUT2D eigenvalue weighted by Gasteiger charge is -2.39. The van der Waals surface area contributed by atoms with E-state index in [1.54, 1.807) is 36.4 Å². The highest BCUT2D eigenvalue weighted by Gasteiger charge is 2.59. The average molecular weight is 308 g/mol. The predicted octanol–water partition coefficient (Wildman–Crippen LogP) is 1.52. The fourth-order valence-electron chi connectivity index (χ4n) is 2.60. The summed E-state index contributed by atoms with van der Waals surface area (Å²) >= 11 is 0. The minimum atomic E-state index is -4.89. The van der Waals surface area contributed by atoms with Crippen LogP contribution in [0.1, 0.15) is 18.1 Å². The van der Waals surface area contributed by atoms with Crippen molar-refractivity contribution in [2.75, 3.05) is 0 Å². The summed E-state index contributed by atoms with van der Waals surface area (Å²) in [5.41, 5.74) is 0.123. The van der Waals surface area contributed by atoms with Crippen molar-refractivity contribution in [3.05, 3.63) is 71.8 Å². The maximum atomic E-state index is 12.1. The summed E-state index contributed by atoms with van der Waals surface area (Å²) in [5, 5.41) is 20.4. The van der Waals surface area contributed by atoms with E-state index in [0.717, 1.165) is 6.92 Å². The summed E-state index contributed by atoms with van der Waals surface area (Å²) in [6.45, 7) is 0.931. The van der Waals surface area contributed by atoms with Gasteiger partial charge in [0.05, 0.1) is 0 Å². The average Bonchev–Trinajstić information content (AvgIpc) is 2.38. The minimum Gasteiger partial charge on any atom is -0.364 e. The van der Waals surface area contributed by atoms with E-state index in [-0.39, 0.29) is 11.1 Å². The fraction of sp³-hybridized carbons (Fsp3) is 0.200. The second-order valence-corrected chi connectivity index (χ2v) is 6.47. The number of hydrogen-bond donors (Lipinski definition) is 3. The fourth-order valence-corrected chi connectivity index (χ4v) is 3.96. The van der Waals surface area contributed by atoms with Gasteiger partial charge in [0.1, 0.15) is 0 Å². The Morgan fingerprint density at radius 1 is 0.810 bits per heavy atom. The Kier molecular flexibility index (Phi) is 3.90. The molecule has 112 valence electrons. The van der Waals surface area contributed by atoms with E-state index in [2.05, 4.69) is 0 Å². The molecule has 0 fully saturated rings. The normalized spacial score (nSPS) is 13.1. The van der Waals surface area contributed by atoms with Crippen molar-refractivity contribution in [3.63, 3.8) is 0 Å². The molecule has 0 saturated heterocycles. The molecule has 0 heterocycles. The summed E-state index contributed by atoms with van der Waals surface area (Å²) in [5.74, 6) is -2.73. The van der Waals surface area contributed by atoms with Gasteiger partial charge < -0.3 is 10.2 Å². The van der Waals surface area contributed by atoms with Crippen molar-refractivity contribution in [1.82, 2.24) is 0 Å². The molecule has 0 atom stereocenters. The van der Waals surface area contributed by atoms with Crippen LogP contribution in [0.4, 0.5) is 0 Å². The molecular weight excluding hydrogens is 292 g/mol. The van der Waals surface area contributed by atoms with Crippen molar-refractivity contribution in [1.29, 1.82) is 0 Å². The van der Waals surface area contributed by atoms with Crippen LogP contribution in [0.25, 0.3) is 0 Å². The van der Waals surface area contributed by atoms with Crippen molar-refractivity contribution < 1.29 is 23.2 Å². The third kappa shape index (κ3) is 2.47. The van der Waals surface area contributed by atoms with E-state index in [0.29, 0.717) is 0 Å². The van der Waals surface area contributed by atoms with E-state index < -0.39 is 20.7 Å². The monoisotopic (exact) mass is 308 g/mol. The number of hydrogen-bond acceptors (Lipinski definition) is 4. The van der Waals surface area contributed by atoms with Crippen molar-refractivity contribution >= 4 is 10.1 Å². The van der Waals surface area contributed by atoms with Crippen LogP contribution in [0.15, 0.2) is 60.7 Å². The van der Waals surface area contributed by atoms with Gasteiger partial charge in [-0.3, -0.25) is 4.55 Å². The molecule has 0 spiro atoms. The van der Waals surface area contributed by atoms with Gasteiger partial charge in [0, 0.05) is 0 Å². The molecule has 0 unspecified atom stereocenters. The van der Waals surface area contributed by atoms with E-state index in [4.69, 9.17) is 0 Å². The molecule has 0 aromatic heterocycles. The molecule has 2 aromatic carbocycles. The van der Waals surface area contributed by atoms with Gasteiger partial charge in [0.15, 0.2) is 10.5 Å². The third-order valence-corrected chi connectivity index (χ3v) is 5.05. The zero-order valence-corrected chi connectivity index (χ0v) is 12.2. The van der Waals surface area contributed by atoms with Crippen molar-refractivity contribution in [3.8, 4) is 0 Å². The summed E-state index contributed by atoms with van der Waals surface area (Å²) in [6, 6.07) is 15.3. The second kappa shape index (κ2) is 5.23. The second-order valence-electron chi connectivity index (χ2n) is 4.91. The van der Waals surface area contributed by atoms with Gasteiger partial charge >= 0.3 is 0 Å². The summed E-state index contributed by atoms with van der Waals surface area (Å²) in [7, 11) is -4.89. The number of benzene rings is 2. The molecule has 0 radical (unpaired) electrons. The van der Waals surface area contributed by atoms with Crippen LogP contribution >= 0.6 is 0 Å². The third-order valence-electron chi connectivity index (χ3n) is 3.41. The van der Waals surface area contributed by atoms with Gasteiger partial charge in [-0.25, -0.2) is 0 Å². The van der Waals surface area contributed by atoms with Crippen LogP contribution in [0, 0.1) is 0 Å². The summed E-state index contributed by atoms with van der Waals surface area (Å²) in [6.07, 6.45) is 0. The molecule has 0 aliphatic rings. The molecule has 21 heavy (non-hydrogen) atoms. The van der Waals surface area contributed by atoms with Crippen LogP contribution < -0.4 is 0 Å². The van der Waals surface area contributed by atoms with Crippen molar-refractivity contribution in [2.24, 2.45) is 0 Å². The molecule has 0 amide bonds. The van der Waals surface area contributed by atoms with E-state index in [9.17, 15) is 23.2 Å². The molecule has 0 saturated carbocycles. The SMILES string of the molecule is CC(O)(O)C(c1ccccc1)(c1ccccc1)S(=O)(=O)O. The topological polar surface area (TPSA) is 94.8 Å². The van der Waals surface area contributed by atoms with Gasteiger partial charge in [-0.05, 0) is 18.1 Å². The molecule has 2 rings (SSSR count). The Labute approximate surface area is 123 Å². The maximum Gasteiger partial charge on any atom is 0.284 e. The minimum absolute atomic E-state index is 0.0613. The smallest absolute Gasteiger partial charge is 0.284 e. The first-order chi connectivity index (χ1) is 9.71. The zero-order valence-electron chi connectivity index (χ0n) is 11.3. The Morgan fingerprint density at radius 2 is 1.14 bits per heavy atom. The van der Waals surface area contributed by atoms with Gasteiger partial charge in [-0.2, -0.15) is 8.42 Å². The van der Waals surface area contributed by atoms with Gasteiger partial charge in [-0.15, -0.1) is 0 Å². The molecule has 2 aromatic rings. The number of rotatable bonds is 4. The van der Waals surface area contributed by atoms with Crippen LogP contribution in [-0.2, 0) is 14.9 Å². The Balaban J connectivity index is 2.94. The van der Waals surface area contributed by atoms with Crippen molar-refractivity contribution in [2.45, 2.75) is 17.5 Å². The molecule has 0 aliphatic heterocycles. The quantitative estimate of drug-likeness (QED) is 0.588. The lowest BCUT2D eigenvalue weighted by Crippen LogP contribution is -2.55. The van der Waals surface area contributed by atoms with E-state index >= 15 is 0 Å². The van der Waals surface area contributed by atoms with Crippen LogP contribution in [-0.4, -0.2) is 29.0 Å². The Morgan fingerprint density at radius 3 is 1.38 bits per heavy atom. The van der Waals surface area contributed by atoms with Gasteiger partial charge in [-0.1, -0.05) is 60.7 Å². The first-order valence-electron chi connectivity index (χ1n) is 6.24. The highest BCUT2D eigenvalue weighted by atomic mass is 32.2. The predicted molar refractivity (Wildman–Crippen MR) is 78.1 cm³/mol. The van der Waals surface area contributed by atoms with Crippen LogP contribution in [0.3, 0.4) is 0 Å². The molecule has 5 nitrogen and oxygen atoms in total. The molecule has 0 aliphatic carbocycles. The van der Waals surface area contributed by atoms with E-state index in [1.165, 1.54) is 24.3 Å².